The Labute approximate surface area is 155 Å². The number of benzene rings is 2. The number of phenols is 4. The molecule has 0 spiro atoms. The van der Waals surface area contributed by atoms with Gasteiger partial charge in [0.2, 0.25) is 0 Å². The van der Waals surface area contributed by atoms with Crippen LogP contribution in [0.15, 0.2) is 36.4 Å². The van der Waals surface area contributed by atoms with Crippen LogP contribution in [0.5, 0.6) is 23.0 Å². The molecule has 2 aromatic rings. The molecule has 8 nitrogen and oxygen atoms in total. The maximum absolute atomic E-state index is 11.7. The molecular formula is C16H14O8Pb. The second-order valence-electron chi connectivity index (χ2n) is 5.01. The molecule has 0 saturated heterocycles. The molecule has 9 heteroatoms. The quantitative estimate of drug-likeness (QED) is 0.314. The fourth-order valence-corrected chi connectivity index (χ4v) is 3.37. The van der Waals surface area contributed by atoms with Crippen molar-refractivity contribution in [2.24, 2.45) is 0 Å². The molecule has 2 radical (unpaired) electrons. The summed E-state index contributed by atoms with van der Waals surface area (Å²) in [5.74, 6) is -1.87. The standard InChI is InChI=1S/2C8H8O4.Pb/c2*9-6-1-2-7(10)5(3-6)4-8(11)12;/h2*1-3,9-10H,4H2,(H,11,12);/q;;+2/p-2. The first kappa shape index (κ1) is 18.8. The molecule has 0 fully saturated rings. The van der Waals surface area contributed by atoms with Gasteiger partial charge in [0.05, 0.1) is 0 Å². The van der Waals surface area contributed by atoms with Gasteiger partial charge in [-0.05, 0) is 0 Å². The van der Waals surface area contributed by atoms with Gasteiger partial charge < -0.3 is 0 Å². The molecule has 130 valence electrons. The van der Waals surface area contributed by atoms with Crippen LogP contribution in [0.25, 0.3) is 0 Å². The normalized spacial score (nSPS) is 10.2. The van der Waals surface area contributed by atoms with Crippen LogP contribution in [-0.4, -0.2) is 57.5 Å². The second kappa shape index (κ2) is 8.56. The molecule has 0 heterocycles. The first-order chi connectivity index (χ1) is 11.8. The van der Waals surface area contributed by atoms with Crippen LogP contribution in [0.3, 0.4) is 0 Å². The van der Waals surface area contributed by atoms with Crippen molar-refractivity contribution in [2.45, 2.75) is 12.8 Å². The zero-order chi connectivity index (χ0) is 18.4. The summed E-state index contributed by atoms with van der Waals surface area (Å²) >= 11 is -2.47. The van der Waals surface area contributed by atoms with E-state index in [1.165, 1.54) is 36.4 Å². The van der Waals surface area contributed by atoms with Crippen LogP contribution in [0.4, 0.5) is 0 Å². The molecular weight excluding hydrogens is 527 g/mol. The molecule has 0 unspecified atom stereocenters. The number of carbonyl (C=O) groups excluding carboxylic acids is 2. The van der Waals surface area contributed by atoms with Gasteiger partial charge >= 0.3 is 156 Å². The summed E-state index contributed by atoms with van der Waals surface area (Å²) in [5.41, 5.74) is 0.397. The van der Waals surface area contributed by atoms with Gasteiger partial charge in [0, 0.05) is 0 Å². The molecule has 2 rings (SSSR count). The van der Waals surface area contributed by atoms with Gasteiger partial charge in [-0.3, -0.25) is 0 Å². The van der Waals surface area contributed by atoms with Crippen molar-refractivity contribution in [1.82, 2.24) is 0 Å². The Bertz CT molecular complexity index is 724. The Balaban J connectivity index is 1.79. The molecule has 4 N–H and O–H groups in total. The van der Waals surface area contributed by atoms with Crippen LogP contribution in [-0.2, 0) is 27.8 Å². The predicted octanol–water partition coefficient (Wildman–Crippen LogP) is 0.915. The average Bonchev–Trinajstić information content (AvgIpc) is 2.54. The average molecular weight is 541 g/mol. The number of aromatic hydroxyl groups is 4. The first-order valence-electron chi connectivity index (χ1n) is 7.01. The van der Waals surface area contributed by atoms with E-state index in [9.17, 15) is 30.0 Å². The number of rotatable bonds is 6. The summed E-state index contributed by atoms with van der Waals surface area (Å²) in [4.78, 5) is 23.4. The van der Waals surface area contributed by atoms with Gasteiger partial charge in [0.15, 0.2) is 0 Å². The van der Waals surface area contributed by atoms with Crippen LogP contribution < -0.4 is 0 Å². The zero-order valence-corrected chi connectivity index (χ0v) is 16.7. The van der Waals surface area contributed by atoms with Crippen molar-refractivity contribution in [3.63, 3.8) is 0 Å². The molecule has 0 aliphatic heterocycles. The van der Waals surface area contributed by atoms with Gasteiger partial charge in [-0.15, -0.1) is 0 Å². The van der Waals surface area contributed by atoms with E-state index in [4.69, 9.17) is 5.37 Å². The van der Waals surface area contributed by atoms with E-state index in [0.29, 0.717) is 0 Å². The molecule has 0 aromatic heterocycles. The van der Waals surface area contributed by atoms with E-state index in [2.05, 4.69) is 0 Å². The summed E-state index contributed by atoms with van der Waals surface area (Å²) < 4.78 is 9.82. The van der Waals surface area contributed by atoms with Crippen LogP contribution >= 0.6 is 0 Å². The maximum atomic E-state index is 11.7. The SMILES string of the molecule is O=C(Cc1cc(O)ccc1O)[O][Pb][O]C(=O)Cc1cc(O)ccc1O. The third-order valence-electron chi connectivity index (χ3n) is 3.11. The number of hydrogen-bond acceptors (Lipinski definition) is 8. The molecule has 0 atom stereocenters. The van der Waals surface area contributed by atoms with E-state index in [0.717, 1.165) is 0 Å². The van der Waals surface area contributed by atoms with E-state index >= 15 is 0 Å². The number of carbonyl (C=O) groups is 2. The number of phenolic OH excluding ortho intramolecular Hbond substituents is 4. The summed E-state index contributed by atoms with van der Waals surface area (Å²) in [7, 11) is 0. The fraction of sp³-hybridized carbons (Fsp3) is 0.125. The van der Waals surface area contributed by atoms with E-state index < -0.39 is 37.1 Å². The van der Waals surface area contributed by atoms with Crippen LogP contribution in [0.1, 0.15) is 11.1 Å². The van der Waals surface area contributed by atoms with Crippen LogP contribution in [0.2, 0.25) is 0 Å². The fourth-order valence-electron chi connectivity index (χ4n) is 1.92. The predicted molar refractivity (Wildman–Crippen MR) is 84.9 cm³/mol. The van der Waals surface area contributed by atoms with Gasteiger partial charge in [-0.1, -0.05) is 0 Å². The van der Waals surface area contributed by atoms with Crippen molar-refractivity contribution in [2.75, 3.05) is 0 Å². The van der Waals surface area contributed by atoms with Crippen molar-refractivity contribution in [3.05, 3.63) is 47.5 Å². The van der Waals surface area contributed by atoms with Crippen molar-refractivity contribution < 1.29 is 35.4 Å². The topological polar surface area (TPSA) is 134 Å². The molecule has 0 aliphatic carbocycles. The van der Waals surface area contributed by atoms with E-state index in [-0.39, 0.29) is 47.0 Å². The molecule has 25 heavy (non-hydrogen) atoms. The van der Waals surface area contributed by atoms with Crippen LogP contribution in [0, 0.1) is 0 Å². The minimum absolute atomic E-state index is 0.0971. The Morgan fingerprint density at radius 2 is 1.16 bits per heavy atom. The summed E-state index contributed by atoms with van der Waals surface area (Å²) in [5, 5.41) is 37.8. The van der Waals surface area contributed by atoms with Gasteiger partial charge in [0.25, 0.3) is 0 Å². The van der Waals surface area contributed by atoms with Gasteiger partial charge in [-0.25, -0.2) is 0 Å². The second-order valence-corrected chi connectivity index (χ2v) is 7.25. The third-order valence-corrected chi connectivity index (χ3v) is 5.52. The Kier molecular flexibility index (Phi) is 6.45. The molecule has 2 aromatic carbocycles. The van der Waals surface area contributed by atoms with Gasteiger partial charge in [0.1, 0.15) is 0 Å². The third kappa shape index (κ3) is 5.81. The van der Waals surface area contributed by atoms with E-state index in [1.54, 1.807) is 0 Å². The zero-order valence-electron chi connectivity index (χ0n) is 12.8. The number of hydrogen-bond donors (Lipinski definition) is 4. The van der Waals surface area contributed by atoms with Crippen molar-refractivity contribution in [3.8, 4) is 23.0 Å². The molecule has 0 bridgehead atoms. The Hall–Kier alpha value is -2.50. The van der Waals surface area contributed by atoms with Crippen molar-refractivity contribution in [1.29, 1.82) is 0 Å². The summed E-state index contributed by atoms with van der Waals surface area (Å²) in [6.07, 6.45) is -0.531. The molecule has 0 aliphatic rings. The van der Waals surface area contributed by atoms with E-state index in [1.807, 2.05) is 0 Å². The summed E-state index contributed by atoms with van der Waals surface area (Å²) in [6.45, 7) is 0. The monoisotopic (exact) mass is 542 g/mol. The van der Waals surface area contributed by atoms with Gasteiger partial charge in [-0.2, -0.15) is 0 Å². The minimum atomic E-state index is -2.47. The Morgan fingerprint density at radius 3 is 1.56 bits per heavy atom. The first-order valence-corrected chi connectivity index (χ1v) is 10.2. The Morgan fingerprint density at radius 1 is 0.760 bits per heavy atom. The van der Waals surface area contributed by atoms with Crippen molar-refractivity contribution >= 4 is 37.1 Å². The summed E-state index contributed by atoms with van der Waals surface area (Å²) in [6, 6.07) is 7.54. The molecule has 0 saturated carbocycles. The molecule has 0 amide bonds.